The Labute approximate surface area is 294 Å². The number of nitrogens with one attached hydrogen (secondary N) is 1. The predicted molar refractivity (Wildman–Crippen MR) is 195 cm³/mol. The summed E-state index contributed by atoms with van der Waals surface area (Å²) >= 11 is 4.39. The number of hydrogen-bond donors (Lipinski definition) is 4. The number of aromatic nitrogens is 2. The van der Waals surface area contributed by atoms with Gasteiger partial charge in [0, 0.05) is 18.0 Å². The normalized spacial score (nSPS) is 19.2. The molecular weight excluding hydrogens is 642 g/mol. The summed E-state index contributed by atoms with van der Waals surface area (Å²) in [5.41, 5.74) is 0.691. The Morgan fingerprint density at radius 1 is 0.878 bits per heavy atom. The number of methoxy groups -OCH3 is 2. The Morgan fingerprint density at radius 2 is 1.41 bits per heavy atom. The lowest BCUT2D eigenvalue weighted by atomic mass is 9.80. The van der Waals surface area contributed by atoms with E-state index in [2.05, 4.69) is 50.6 Å². The van der Waals surface area contributed by atoms with Gasteiger partial charge in [-0.25, -0.2) is 4.79 Å². The Hall–Kier alpha value is -3.87. The Kier molecular flexibility index (Phi) is 12.9. The second kappa shape index (κ2) is 16.7. The molecule has 4 aromatic rings. The van der Waals surface area contributed by atoms with Gasteiger partial charge in [-0.1, -0.05) is 82.3 Å². The van der Waals surface area contributed by atoms with Crippen LogP contribution in [0.2, 0.25) is 0 Å². The fourth-order valence-electron chi connectivity index (χ4n) is 6.12. The van der Waals surface area contributed by atoms with Gasteiger partial charge in [-0.15, -0.1) is 0 Å². The third-order valence-electron chi connectivity index (χ3n) is 8.24. The number of benzene rings is 3. The van der Waals surface area contributed by atoms with E-state index < -0.39 is 35.8 Å². The number of thiol groups is 1. The van der Waals surface area contributed by atoms with Crippen molar-refractivity contribution in [2.75, 3.05) is 33.2 Å². The van der Waals surface area contributed by atoms with E-state index in [4.69, 9.17) is 18.9 Å². The number of hydrogen-bond acceptors (Lipinski definition) is 10. The molecular formula is C38H49N3O7S. The van der Waals surface area contributed by atoms with Gasteiger partial charge in [0.2, 0.25) is 0 Å². The maximum atomic E-state index is 12.6. The first-order valence-electron chi connectivity index (χ1n) is 16.3. The first-order valence-corrected chi connectivity index (χ1v) is 16.8. The Balaban J connectivity index is 0.000000603. The van der Waals surface area contributed by atoms with Crippen LogP contribution in [-0.4, -0.2) is 70.7 Å². The van der Waals surface area contributed by atoms with Gasteiger partial charge < -0.3 is 34.5 Å². The lowest BCUT2D eigenvalue weighted by Crippen LogP contribution is -2.39. The van der Waals surface area contributed by atoms with E-state index in [1.54, 1.807) is 27.3 Å². The molecule has 1 aliphatic heterocycles. The fraction of sp³-hybridized carbons (Fsp3) is 0.421. The standard InChI is InChI=1S/C31H33N3O7.C7H16S/c1-32-26-17-18-34(30(37)33-26)29-28(36)27(35)25(41-29)19-40-31(20-7-5-4-6-8-20,21-9-13-23(38-2)14-10-21)22-11-15-24(39-3)16-12-22;1-6(2)5-7(3,4)8/h4-18,25,27-29,35-36H,19H2,1-3H3,(H,32,33,37);6,8H,5H2,1-4H3. The van der Waals surface area contributed by atoms with Gasteiger partial charge in [0.1, 0.15) is 41.2 Å². The van der Waals surface area contributed by atoms with Crippen molar-refractivity contribution in [3.8, 4) is 11.5 Å². The summed E-state index contributed by atoms with van der Waals surface area (Å²) in [5.74, 6) is 2.52. The molecule has 0 bridgehead atoms. The molecule has 1 aliphatic rings. The van der Waals surface area contributed by atoms with Crippen molar-refractivity contribution < 1.29 is 29.2 Å². The summed E-state index contributed by atoms with van der Waals surface area (Å²) in [5, 5.41) is 24.7. The number of rotatable bonds is 12. The Bertz CT molecular complexity index is 1610. The summed E-state index contributed by atoms with van der Waals surface area (Å²) in [6.45, 7) is 8.63. The monoisotopic (exact) mass is 691 g/mol. The second-order valence-electron chi connectivity index (χ2n) is 13.0. The summed E-state index contributed by atoms with van der Waals surface area (Å²) in [6, 6.07) is 26.4. The maximum absolute atomic E-state index is 12.6. The molecule has 1 fully saturated rings. The highest BCUT2D eigenvalue weighted by atomic mass is 32.1. The fourth-order valence-corrected chi connectivity index (χ4v) is 6.49. The first kappa shape index (κ1) is 37.9. The number of anilines is 1. The van der Waals surface area contributed by atoms with Gasteiger partial charge in [-0.05, 0) is 59.4 Å². The van der Waals surface area contributed by atoms with Crippen molar-refractivity contribution >= 4 is 18.4 Å². The summed E-state index contributed by atoms with van der Waals surface area (Å²) in [7, 11) is 4.86. The zero-order valence-electron chi connectivity index (χ0n) is 29.2. The molecule has 1 aromatic heterocycles. The topological polar surface area (TPSA) is 124 Å². The van der Waals surface area contributed by atoms with Crippen LogP contribution >= 0.6 is 12.6 Å². The van der Waals surface area contributed by atoms with Crippen LogP contribution in [0.1, 0.15) is 57.0 Å². The van der Waals surface area contributed by atoms with E-state index in [9.17, 15) is 15.0 Å². The van der Waals surface area contributed by atoms with Gasteiger partial charge in [0.15, 0.2) is 6.23 Å². The van der Waals surface area contributed by atoms with Crippen LogP contribution in [-0.2, 0) is 15.1 Å². The number of aliphatic hydroxyl groups excluding tert-OH is 2. The molecule has 4 unspecified atom stereocenters. The Morgan fingerprint density at radius 3 is 1.84 bits per heavy atom. The van der Waals surface area contributed by atoms with E-state index in [1.807, 2.05) is 78.9 Å². The van der Waals surface area contributed by atoms with Gasteiger partial charge in [-0.3, -0.25) is 4.57 Å². The highest BCUT2D eigenvalue weighted by Gasteiger charge is 2.46. The third kappa shape index (κ3) is 9.23. The first-order chi connectivity index (χ1) is 23.3. The molecule has 3 N–H and O–H groups in total. The maximum Gasteiger partial charge on any atom is 0.351 e. The van der Waals surface area contributed by atoms with Crippen LogP contribution in [0.4, 0.5) is 5.82 Å². The molecule has 5 rings (SSSR count). The molecule has 264 valence electrons. The lowest BCUT2D eigenvalue weighted by molar-refractivity contribution is -0.0958. The smallest absolute Gasteiger partial charge is 0.351 e. The van der Waals surface area contributed by atoms with E-state index in [0.717, 1.165) is 27.2 Å². The number of nitrogens with zero attached hydrogens (tertiary/aromatic N) is 2. The van der Waals surface area contributed by atoms with Crippen molar-refractivity contribution in [2.24, 2.45) is 5.92 Å². The van der Waals surface area contributed by atoms with Crippen LogP contribution < -0.4 is 20.5 Å². The predicted octanol–water partition coefficient (Wildman–Crippen LogP) is 5.67. The molecule has 0 amide bonds. The molecule has 3 aromatic carbocycles. The van der Waals surface area contributed by atoms with Crippen molar-refractivity contribution in [3.05, 3.63) is 118 Å². The van der Waals surface area contributed by atoms with E-state index in [1.165, 1.54) is 12.6 Å². The molecule has 1 saturated heterocycles. The minimum Gasteiger partial charge on any atom is -0.497 e. The molecule has 10 nitrogen and oxygen atoms in total. The molecule has 0 radical (unpaired) electrons. The van der Waals surface area contributed by atoms with E-state index in [0.29, 0.717) is 17.3 Å². The zero-order chi connectivity index (χ0) is 35.8. The van der Waals surface area contributed by atoms with E-state index in [-0.39, 0.29) is 11.4 Å². The summed E-state index contributed by atoms with van der Waals surface area (Å²) in [6.07, 6.45) is -2.14. The van der Waals surface area contributed by atoms with Crippen LogP contribution in [0.3, 0.4) is 0 Å². The minimum absolute atomic E-state index is 0.113. The quantitative estimate of drug-likeness (QED) is 0.110. The van der Waals surface area contributed by atoms with Crippen LogP contribution in [0.5, 0.6) is 11.5 Å². The van der Waals surface area contributed by atoms with Gasteiger partial charge >= 0.3 is 5.69 Å². The molecule has 0 spiro atoms. The molecule has 11 heteroatoms. The zero-order valence-corrected chi connectivity index (χ0v) is 30.1. The highest BCUT2D eigenvalue weighted by Crippen LogP contribution is 2.42. The molecule has 49 heavy (non-hydrogen) atoms. The van der Waals surface area contributed by atoms with Crippen molar-refractivity contribution in [1.82, 2.24) is 9.55 Å². The van der Waals surface area contributed by atoms with Crippen LogP contribution in [0.15, 0.2) is 95.9 Å². The SMILES string of the molecule is CC(C)CC(C)(C)S.CNc1ccn(C2OC(COC(c3ccccc3)(c3ccc(OC)cc3)c3ccc(OC)cc3)C(O)C2O)c(=O)n1. The van der Waals surface area contributed by atoms with Crippen molar-refractivity contribution in [1.29, 1.82) is 0 Å². The van der Waals surface area contributed by atoms with Crippen molar-refractivity contribution in [3.63, 3.8) is 0 Å². The van der Waals surface area contributed by atoms with Crippen molar-refractivity contribution in [2.45, 2.75) is 69.0 Å². The highest BCUT2D eigenvalue weighted by molar-refractivity contribution is 7.81. The number of aliphatic hydroxyl groups is 2. The average Bonchev–Trinajstić information content (AvgIpc) is 3.37. The molecule has 0 saturated carbocycles. The van der Waals surface area contributed by atoms with Gasteiger partial charge in [0.25, 0.3) is 0 Å². The molecule has 2 heterocycles. The summed E-state index contributed by atoms with van der Waals surface area (Å²) < 4.78 is 25.0. The van der Waals surface area contributed by atoms with E-state index >= 15 is 0 Å². The number of ether oxygens (including phenoxy) is 4. The second-order valence-corrected chi connectivity index (χ2v) is 14.2. The van der Waals surface area contributed by atoms with Crippen LogP contribution in [0.25, 0.3) is 0 Å². The molecule has 0 aliphatic carbocycles. The minimum atomic E-state index is -1.38. The van der Waals surface area contributed by atoms with Gasteiger partial charge in [0.05, 0.1) is 20.8 Å². The van der Waals surface area contributed by atoms with Crippen LogP contribution in [0, 0.1) is 5.92 Å². The van der Waals surface area contributed by atoms with Gasteiger partial charge in [-0.2, -0.15) is 17.6 Å². The average molecular weight is 692 g/mol. The largest absolute Gasteiger partial charge is 0.497 e. The third-order valence-corrected chi connectivity index (χ3v) is 8.43. The lowest BCUT2D eigenvalue weighted by Gasteiger charge is -2.37. The molecule has 4 atom stereocenters. The summed E-state index contributed by atoms with van der Waals surface area (Å²) in [4.78, 5) is 16.5.